The van der Waals surface area contributed by atoms with E-state index in [9.17, 15) is 13.2 Å². The highest BCUT2D eigenvalue weighted by Gasteiger charge is 2.26. The van der Waals surface area contributed by atoms with Crippen LogP contribution >= 0.6 is 0 Å². The molecule has 0 unspecified atom stereocenters. The lowest BCUT2D eigenvalue weighted by Crippen LogP contribution is -2.40. The van der Waals surface area contributed by atoms with Crippen molar-refractivity contribution in [1.82, 2.24) is 9.73 Å². The van der Waals surface area contributed by atoms with Gasteiger partial charge in [-0.3, -0.25) is 4.79 Å². The van der Waals surface area contributed by atoms with E-state index < -0.39 is 15.9 Å². The minimum atomic E-state index is -3.87. The van der Waals surface area contributed by atoms with Crippen LogP contribution in [0.1, 0.15) is 16.7 Å². The SMILES string of the molecule is COc1ccccc1/C=N\NC(=O)CN(CCc1ccccc1)S(=O)(=O)c1ccc(C)cc1. The zero-order valence-electron chi connectivity index (χ0n) is 18.6. The Labute approximate surface area is 194 Å². The van der Waals surface area contributed by atoms with Crippen LogP contribution in [-0.4, -0.2) is 45.0 Å². The van der Waals surface area contributed by atoms with Gasteiger partial charge in [0.25, 0.3) is 5.91 Å². The number of rotatable bonds is 10. The zero-order valence-corrected chi connectivity index (χ0v) is 19.5. The van der Waals surface area contributed by atoms with E-state index in [1.54, 1.807) is 43.5 Å². The first kappa shape index (κ1) is 24.2. The molecule has 172 valence electrons. The Morgan fingerprint density at radius 3 is 2.36 bits per heavy atom. The molecule has 33 heavy (non-hydrogen) atoms. The third-order valence-corrected chi connectivity index (χ3v) is 6.86. The van der Waals surface area contributed by atoms with Gasteiger partial charge in [-0.05, 0) is 43.2 Å². The molecule has 0 radical (unpaired) electrons. The highest BCUT2D eigenvalue weighted by molar-refractivity contribution is 7.89. The molecule has 0 heterocycles. The van der Waals surface area contributed by atoms with E-state index in [2.05, 4.69) is 10.5 Å². The Kier molecular flexibility index (Phi) is 8.34. The minimum Gasteiger partial charge on any atom is -0.496 e. The van der Waals surface area contributed by atoms with E-state index in [4.69, 9.17) is 4.74 Å². The van der Waals surface area contributed by atoms with Gasteiger partial charge in [-0.25, -0.2) is 13.8 Å². The lowest BCUT2D eigenvalue weighted by Gasteiger charge is -2.21. The smallest absolute Gasteiger partial charge is 0.255 e. The van der Waals surface area contributed by atoms with Crippen molar-refractivity contribution >= 4 is 22.1 Å². The fourth-order valence-corrected chi connectivity index (χ4v) is 4.58. The molecule has 0 spiro atoms. The highest BCUT2D eigenvalue weighted by atomic mass is 32.2. The maximum absolute atomic E-state index is 13.3. The summed E-state index contributed by atoms with van der Waals surface area (Å²) >= 11 is 0. The number of hydrazone groups is 1. The molecule has 0 saturated heterocycles. The predicted octanol–water partition coefficient (Wildman–Crippen LogP) is 3.39. The van der Waals surface area contributed by atoms with Crippen molar-refractivity contribution in [2.75, 3.05) is 20.2 Å². The normalized spacial score (nSPS) is 11.6. The molecular formula is C25H27N3O4S. The van der Waals surface area contributed by atoms with Crippen LogP contribution in [0.15, 0.2) is 88.9 Å². The quantitative estimate of drug-likeness (QED) is 0.367. The summed E-state index contributed by atoms with van der Waals surface area (Å²) in [6.45, 7) is 1.69. The molecule has 3 aromatic carbocycles. The van der Waals surface area contributed by atoms with E-state index in [1.165, 1.54) is 10.5 Å². The summed E-state index contributed by atoms with van der Waals surface area (Å²) in [7, 11) is -2.32. The van der Waals surface area contributed by atoms with Gasteiger partial charge in [0.15, 0.2) is 0 Å². The van der Waals surface area contributed by atoms with Crippen LogP contribution in [-0.2, 0) is 21.2 Å². The van der Waals surface area contributed by atoms with Crippen LogP contribution < -0.4 is 10.2 Å². The first-order valence-corrected chi connectivity index (χ1v) is 11.9. The Balaban J connectivity index is 1.74. The fraction of sp³-hybridized carbons (Fsp3) is 0.200. The lowest BCUT2D eigenvalue weighted by atomic mass is 10.1. The van der Waals surface area contributed by atoms with Crippen molar-refractivity contribution in [1.29, 1.82) is 0 Å². The zero-order chi connectivity index (χ0) is 23.7. The molecule has 0 fully saturated rings. The van der Waals surface area contributed by atoms with Gasteiger partial charge in [0, 0.05) is 12.1 Å². The third-order valence-electron chi connectivity index (χ3n) is 5.00. The maximum atomic E-state index is 13.3. The number of sulfonamides is 1. The number of aryl methyl sites for hydroxylation is 1. The molecule has 7 nitrogen and oxygen atoms in total. The highest BCUT2D eigenvalue weighted by Crippen LogP contribution is 2.17. The van der Waals surface area contributed by atoms with Gasteiger partial charge < -0.3 is 4.74 Å². The van der Waals surface area contributed by atoms with E-state index in [-0.39, 0.29) is 18.0 Å². The van der Waals surface area contributed by atoms with E-state index >= 15 is 0 Å². The molecule has 0 aliphatic rings. The van der Waals surface area contributed by atoms with Crippen molar-refractivity contribution in [3.8, 4) is 5.75 Å². The average Bonchev–Trinajstić information content (AvgIpc) is 2.83. The van der Waals surface area contributed by atoms with Gasteiger partial charge in [0.2, 0.25) is 10.0 Å². The Bertz CT molecular complexity index is 1190. The average molecular weight is 466 g/mol. The molecule has 0 aliphatic carbocycles. The van der Waals surface area contributed by atoms with E-state index in [0.29, 0.717) is 17.7 Å². The van der Waals surface area contributed by atoms with Crippen molar-refractivity contribution in [2.45, 2.75) is 18.2 Å². The second-order valence-electron chi connectivity index (χ2n) is 7.42. The molecule has 1 amide bonds. The summed E-state index contributed by atoms with van der Waals surface area (Å²) in [5.41, 5.74) is 5.04. The molecule has 0 saturated carbocycles. The molecule has 0 atom stereocenters. The summed E-state index contributed by atoms with van der Waals surface area (Å²) in [6.07, 6.45) is 1.93. The molecule has 0 aromatic heterocycles. The molecule has 0 bridgehead atoms. The second kappa shape index (κ2) is 11.4. The molecule has 1 N–H and O–H groups in total. The summed E-state index contributed by atoms with van der Waals surface area (Å²) in [5, 5.41) is 3.96. The first-order valence-electron chi connectivity index (χ1n) is 10.5. The van der Waals surface area contributed by atoms with Crippen LogP contribution in [0.3, 0.4) is 0 Å². The van der Waals surface area contributed by atoms with Crippen molar-refractivity contribution in [3.63, 3.8) is 0 Å². The van der Waals surface area contributed by atoms with Crippen LogP contribution in [0.5, 0.6) is 5.75 Å². The van der Waals surface area contributed by atoms with Gasteiger partial charge in [-0.15, -0.1) is 0 Å². The monoisotopic (exact) mass is 465 g/mol. The topological polar surface area (TPSA) is 88.1 Å². The second-order valence-corrected chi connectivity index (χ2v) is 9.36. The number of amides is 1. The Morgan fingerprint density at radius 1 is 1.00 bits per heavy atom. The molecular weight excluding hydrogens is 438 g/mol. The lowest BCUT2D eigenvalue weighted by molar-refractivity contribution is -0.121. The Morgan fingerprint density at radius 2 is 1.67 bits per heavy atom. The summed E-state index contributed by atoms with van der Waals surface area (Å²) in [4.78, 5) is 12.7. The fourth-order valence-electron chi connectivity index (χ4n) is 3.18. The number of methoxy groups -OCH3 is 1. The van der Waals surface area contributed by atoms with Crippen molar-refractivity contribution in [2.24, 2.45) is 5.10 Å². The van der Waals surface area contributed by atoms with Gasteiger partial charge in [-0.2, -0.15) is 9.41 Å². The van der Waals surface area contributed by atoms with E-state index in [0.717, 1.165) is 11.1 Å². The van der Waals surface area contributed by atoms with Gasteiger partial charge in [0.05, 0.1) is 24.8 Å². The number of nitrogens with one attached hydrogen (secondary N) is 1. The standard InChI is InChI=1S/C25H27N3O4S/c1-20-12-14-23(15-13-20)33(30,31)28(17-16-21-8-4-3-5-9-21)19-25(29)27-26-18-22-10-6-7-11-24(22)32-2/h3-15,18H,16-17,19H2,1-2H3,(H,27,29)/b26-18-. The third kappa shape index (κ3) is 6.74. The summed E-state index contributed by atoms with van der Waals surface area (Å²) in [5.74, 6) is 0.0758. The Hall–Kier alpha value is -3.49. The van der Waals surface area contributed by atoms with Crippen molar-refractivity contribution < 1.29 is 17.9 Å². The minimum absolute atomic E-state index is 0.145. The van der Waals surface area contributed by atoms with Crippen molar-refractivity contribution in [3.05, 3.63) is 95.6 Å². The van der Waals surface area contributed by atoms with E-state index in [1.807, 2.05) is 49.4 Å². The maximum Gasteiger partial charge on any atom is 0.255 e. The molecule has 3 aromatic rings. The predicted molar refractivity (Wildman–Crippen MR) is 129 cm³/mol. The number of carbonyl (C=O) groups is 1. The van der Waals surface area contributed by atoms with Crippen LogP contribution in [0, 0.1) is 6.92 Å². The number of hydrogen-bond donors (Lipinski definition) is 1. The summed E-state index contributed by atoms with van der Waals surface area (Å²) in [6, 6.07) is 23.3. The summed E-state index contributed by atoms with van der Waals surface area (Å²) < 4.78 is 33.0. The molecule has 0 aliphatic heterocycles. The number of hydrogen-bond acceptors (Lipinski definition) is 5. The largest absolute Gasteiger partial charge is 0.496 e. The molecule has 3 rings (SSSR count). The van der Waals surface area contributed by atoms with Crippen LogP contribution in [0.4, 0.5) is 0 Å². The number of para-hydroxylation sites is 1. The van der Waals surface area contributed by atoms with Crippen LogP contribution in [0.25, 0.3) is 0 Å². The van der Waals surface area contributed by atoms with Gasteiger partial charge in [0.1, 0.15) is 5.75 Å². The van der Waals surface area contributed by atoms with Crippen LogP contribution in [0.2, 0.25) is 0 Å². The number of carbonyl (C=O) groups excluding carboxylic acids is 1. The molecule has 8 heteroatoms. The van der Waals surface area contributed by atoms with Gasteiger partial charge >= 0.3 is 0 Å². The number of ether oxygens (including phenoxy) is 1. The number of benzene rings is 3. The number of nitrogens with zero attached hydrogens (tertiary/aromatic N) is 2. The first-order chi connectivity index (χ1) is 15.9. The van der Waals surface area contributed by atoms with Gasteiger partial charge in [-0.1, -0.05) is 60.2 Å².